The monoisotopic (exact) mass is 433 g/mol. The molecule has 0 aliphatic carbocycles. The summed E-state index contributed by atoms with van der Waals surface area (Å²) in [4.78, 5) is 27.5. The maximum Gasteiger partial charge on any atom is 0.339 e. The Morgan fingerprint density at radius 1 is 1.20 bits per heavy atom. The van der Waals surface area contributed by atoms with E-state index < -0.39 is 20.1 Å². The minimum absolute atomic E-state index is 0.120. The zero-order valence-electron chi connectivity index (χ0n) is 19.1. The van der Waals surface area contributed by atoms with Crippen LogP contribution in [0.4, 0.5) is 0 Å². The standard InChI is InChI=1S/C23H35NO5Si/c1-7-29-23(27)21(26)20-14(2)17-12-19(25)24(16-8-10-28-11-9-16)13-18(17)15(3)22(20)30(4,5)6/h16,21,26H,7-13H2,1-6H3/t21-/m0/s1. The number of ether oxygens (including phenoxy) is 2. The summed E-state index contributed by atoms with van der Waals surface area (Å²) in [6, 6.07) is 0.222. The predicted octanol–water partition coefficient (Wildman–Crippen LogP) is 2.51. The Morgan fingerprint density at radius 2 is 1.83 bits per heavy atom. The van der Waals surface area contributed by atoms with Crippen molar-refractivity contribution in [3.8, 4) is 0 Å². The maximum absolute atomic E-state index is 13.1. The van der Waals surface area contributed by atoms with E-state index in [1.54, 1.807) is 6.92 Å². The van der Waals surface area contributed by atoms with Gasteiger partial charge in [0.1, 0.15) is 0 Å². The van der Waals surface area contributed by atoms with E-state index in [0.717, 1.165) is 34.7 Å². The number of amides is 1. The van der Waals surface area contributed by atoms with Gasteiger partial charge in [0.15, 0.2) is 6.10 Å². The van der Waals surface area contributed by atoms with Crippen LogP contribution in [0, 0.1) is 13.8 Å². The van der Waals surface area contributed by atoms with E-state index >= 15 is 0 Å². The van der Waals surface area contributed by atoms with Crippen LogP contribution < -0.4 is 5.19 Å². The number of carbonyl (C=O) groups is 2. The summed E-state index contributed by atoms with van der Waals surface area (Å²) in [5.41, 5.74) is 4.82. The maximum atomic E-state index is 13.1. The average Bonchev–Trinajstić information content (AvgIpc) is 2.69. The van der Waals surface area contributed by atoms with Crippen LogP contribution in [0.2, 0.25) is 19.6 Å². The van der Waals surface area contributed by atoms with Crippen LogP contribution in [0.3, 0.4) is 0 Å². The third-order valence-electron chi connectivity index (χ3n) is 6.46. The molecule has 2 aliphatic heterocycles. The molecule has 1 saturated heterocycles. The lowest BCUT2D eigenvalue weighted by Gasteiger charge is -2.40. The predicted molar refractivity (Wildman–Crippen MR) is 119 cm³/mol. The number of esters is 1. The van der Waals surface area contributed by atoms with Gasteiger partial charge >= 0.3 is 5.97 Å². The normalized spacial score (nSPS) is 18.9. The van der Waals surface area contributed by atoms with Gasteiger partial charge in [0, 0.05) is 25.8 Å². The zero-order chi connectivity index (χ0) is 22.2. The minimum Gasteiger partial charge on any atom is -0.464 e. The Hall–Kier alpha value is -1.70. The summed E-state index contributed by atoms with van der Waals surface area (Å²) >= 11 is 0. The van der Waals surface area contributed by atoms with E-state index in [1.807, 2.05) is 11.8 Å². The van der Waals surface area contributed by atoms with Gasteiger partial charge in [0.2, 0.25) is 5.91 Å². The number of hydrogen-bond donors (Lipinski definition) is 1. The van der Waals surface area contributed by atoms with Gasteiger partial charge in [-0.15, -0.1) is 0 Å². The number of benzene rings is 1. The molecule has 0 spiro atoms. The minimum atomic E-state index is -1.91. The van der Waals surface area contributed by atoms with E-state index in [-0.39, 0.29) is 18.6 Å². The molecule has 0 saturated carbocycles. The van der Waals surface area contributed by atoms with E-state index in [0.29, 0.717) is 31.7 Å². The van der Waals surface area contributed by atoms with Gasteiger partial charge in [-0.2, -0.15) is 0 Å². The zero-order valence-corrected chi connectivity index (χ0v) is 20.1. The molecule has 166 valence electrons. The lowest BCUT2D eigenvalue weighted by molar-refractivity contribution is -0.153. The molecular formula is C23H35NO5Si. The molecule has 1 aromatic rings. The van der Waals surface area contributed by atoms with Crippen LogP contribution >= 0.6 is 0 Å². The number of fused-ring (bicyclic) bond motifs is 1. The molecule has 30 heavy (non-hydrogen) atoms. The van der Waals surface area contributed by atoms with Gasteiger partial charge < -0.3 is 19.5 Å². The molecule has 1 fully saturated rings. The summed E-state index contributed by atoms with van der Waals surface area (Å²) in [6.45, 7) is 14.7. The number of carbonyl (C=O) groups excluding carboxylic acids is 2. The Labute approximate surface area is 180 Å². The van der Waals surface area contributed by atoms with Crippen molar-refractivity contribution in [2.45, 2.75) is 78.4 Å². The fourth-order valence-corrected chi connectivity index (χ4v) is 7.51. The van der Waals surface area contributed by atoms with E-state index in [4.69, 9.17) is 9.47 Å². The van der Waals surface area contributed by atoms with E-state index in [2.05, 4.69) is 26.6 Å². The third kappa shape index (κ3) is 4.20. The van der Waals surface area contributed by atoms with Gasteiger partial charge in [0.05, 0.1) is 21.1 Å². The van der Waals surface area contributed by atoms with Gasteiger partial charge in [-0.1, -0.05) is 24.8 Å². The van der Waals surface area contributed by atoms with Gasteiger partial charge in [-0.3, -0.25) is 4.79 Å². The molecule has 0 aromatic heterocycles. The first kappa shape index (κ1) is 23.0. The Morgan fingerprint density at radius 3 is 2.40 bits per heavy atom. The summed E-state index contributed by atoms with van der Waals surface area (Å²) in [5, 5.41) is 12.0. The van der Waals surface area contributed by atoms with Gasteiger partial charge in [0.25, 0.3) is 0 Å². The summed E-state index contributed by atoms with van der Waals surface area (Å²) in [6.07, 6.45) is 0.743. The Bertz CT molecular complexity index is 839. The second-order valence-corrected chi connectivity index (χ2v) is 14.4. The smallest absolute Gasteiger partial charge is 0.339 e. The summed E-state index contributed by atoms with van der Waals surface area (Å²) < 4.78 is 10.6. The number of hydrogen-bond acceptors (Lipinski definition) is 5. The van der Waals surface area contributed by atoms with Crippen LogP contribution in [0.5, 0.6) is 0 Å². The first-order chi connectivity index (χ1) is 14.1. The topological polar surface area (TPSA) is 76.1 Å². The van der Waals surface area contributed by atoms with E-state index in [9.17, 15) is 14.7 Å². The van der Waals surface area contributed by atoms with Crippen LogP contribution in [0.25, 0.3) is 0 Å². The molecule has 0 bridgehead atoms. The molecule has 0 unspecified atom stereocenters. The number of nitrogens with zero attached hydrogens (tertiary/aromatic N) is 1. The summed E-state index contributed by atoms with van der Waals surface area (Å²) in [7, 11) is -1.91. The molecule has 2 aliphatic rings. The Kier molecular flexibility index (Phi) is 6.74. The number of aliphatic hydroxyl groups excluding tert-OH is 1. The van der Waals surface area contributed by atoms with Crippen molar-refractivity contribution in [1.82, 2.24) is 4.90 Å². The molecule has 0 radical (unpaired) electrons. The lowest BCUT2D eigenvalue weighted by Crippen LogP contribution is -2.49. The van der Waals surface area contributed by atoms with Crippen molar-refractivity contribution in [2.75, 3.05) is 19.8 Å². The van der Waals surface area contributed by atoms with Crippen molar-refractivity contribution in [3.63, 3.8) is 0 Å². The molecule has 6 nitrogen and oxygen atoms in total. The van der Waals surface area contributed by atoms with Crippen molar-refractivity contribution in [1.29, 1.82) is 0 Å². The van der Waals surface area contributed by atoms with Crippen LogP contribution in [0.15, 0.2) is 0 Å². The molecule has 1 atom stereocenters. The quantitative estimate of drug-likeness (QED) is 0.570. The van der Waals surface area contributed by atoms with E-state index in [1.165, 1.54) is 5.56 Å². The first-order valence-corrected chi connectivity index (χ1v) is 14.4. The summed E-state index contributed by atoms with van der Waals surface area (Å²) in [5.74, 6) is -0.500. The molecule has 1 aromatic carbocycles. The highest BCUT2D eigenvalue weighted by molar-refractivity contribution is 6.89. The molecular weight excluding hydrogens is 398 g/mol. The lowest BCUT2D eigenvalue weighted by atomic mass is 9.85. The first-order valence-electron chi connectivity index (χ1n) is 10.9. The fourth-order valence-electron chi connectivity index (χ4n) is 5.10. The van der Waals surface area contributed by atoms with Crippen molar-refractivity contribution in [2.24, 2.45) is 0 Å². The van der Waals surface area contributed by atoms with Crippen LogP contribution in [-0.4, -0.2) is 55.8 Å². The molecule has 3 rings (SSSR count). The Balaban J connectivity index is 2.13. The van der Waals surface area contributed by atoms with Gasteiger partial charge in [-0.25, -0.2) is 4.79 Å². The average molecular weight is 434 g/mol. The largest absolute Gasteiger partial charge is 0.464 e. The number of aliphatic hydroxyl groups is 1. The molecule has 2 heterocycles. The highest BCUT2D eigenvalue weighted by Gasteiger charge is 2.38. The fraction of sp³-hybridized carbons (Fsp3) is 0.652. The van der Waals surface area contributed by atoms with Crippen LogP contribution in [0.1, 0.15) is 53.7 Å². The number of rotatable bonds is 5. The molecule has 1 amide bonds. The second kappa shape index (κ2) is 8.81. The highest BCUT2D eigenvalue weighted by atomic mass is 28.3. The molecule has 7 heteroatoms. The second-order valence-electron chi connectivity index (χ2n) is 9.44. The SMILES string of the molecule is CCOC(=O)[C@@H](O)c1c(C)c2c(c(C)c1[Si](C)(C)C)CN(C1CCOCC1)C(=O)C2. The van der Waals surface area contributed by atoms with Gasteiger partial charge in [-0.05, 0) is 61.4 Å². The third-order valence-corrected chi connectivity index (χ3v) is 8.60. The molecule has 1 N–H and O–H groups in total. The van der Waals surface area contributed by atoms with Crippen LogP contribution in [-0.2, 0) is 32.0 Å². The highest BCUT2D eigenvalue weighted by Crippen LogP contribution is 2.34. The van der Waals surface area contributed by atoms with Crippen molar-refractivity contribution in [3.05, 3.63) is 27.8 Å². The van der Waals surface area contributed by atoms with Crippen molar-refractivity contribution >= 4 is 25.1 Å². The van der Waals surface area contributed by atoms with Crippen molar-refractivity contribution < 1.29 is 24.2 Å².